The van der Waals surface area contributed by atoms with Crippen LogP contribution in [0.3, 0.4) is 0 Å². The Labute approximate surface area is 50.6 Å². The van der Waals surface area contributed by atoms with Gasteiger partial charge in [0.25, 0.3) is 0 Å². The lowest BCUT2D eigenvalue weighted by atomic mass is 10.6. The van der Waals surface area contributed by atoms with Crippen molar-refractivity contribution in [3.05, 3.63) is 18.2 Å². The first kappa shape index (κ1) is 5.61. The van der Waals surface area contributed by atoms with Crippen LogP contribution in [-0.2, 0) is 0 Å². The van der Waals surface area contributed by atoms with E-state index in [0.29, 0.717) is 0 Å². The monoisotopic (exact) mass is 124 g/mol. The van der Waals surface area contributed by atoms with Crippen molar-refractivity contribution in [1.82, 2.24) is 9.97 Å². The van der Waals surface area contributed by atoms with Crippen molar-refractivity contribution in [2.24, 2.45) is 5.11 Å². The Morgan fingerprint density at radius 1 is 1.89 bits per heavy atom. The van der Waals surface area contributed by atoms with Gasteiger partial charge in [0.1, 0.15) is 0 Å². The molecular weight excluding hydrogens is 120 g/mol. The first-order valence-corrected chi connectivity index (χ1v) is 2.26. The van der Waals surface area contributed by atoms with E-state index in [0.717, 1.165) is 0 Å². The van der Waals surface area contributed by atoms with Gasteiger partial charge in [-0.05, 0) is 0 Å². The number of H-pyrrole nitrogens is 1. The molecule has 2 N–H and O–H groups in total. The van der Waals surface area contributed by atoms with Gasteiger partial charge in [0.15, 0.2) is 5.82 Å². The molecule has 0 saturated heterocycles. The van der Waals surface area contributed by atoms with Crippen molar-refractivity contribution in [1.29, 1.82) is 5.53 Å². The van der Waals surface area contributed by atoms with E-state index in [1.54, 1.807) is 0 Å². The summed E-state index contributed by atoms with van der Waals surface area (Å²) in [6, 6.07) is 0. The summed E-state index contributed by atoms with van der Waals surface area (Å²) in [5, 5.41) is 2.65. The van der Waals surface area contributed by atoms with Gasteiger partial charge in [0.2, 0.25) is 0 Å². The number of rotatable bonds is 1. The Morgan fingerprint density at radius 3 is 3.11 bits per heavy atom. The molecule has 5 nitrogen and oxygen atoms in total. The molecule has 0 aliphatic rings. The largest absolute Gasteiger partial charge is 0.340 e. The van der Waals surface area contributed by atoms with Crippen LogP contribution in [-0.4, -0.2) is 15.9 Å². The number of amides is 1. The van der Waals surface area contributed by atoms with E-state index in [1.165, 1.54) is 12.4 Å². The third-order valence-corrected chi connectivity index (χ3v) is 0.802. The molecular formula is C4H4N4O. The van der Waals surface area contributed by atoms with Gasteiger partial charge in [-0.1, -0.05) is 0 Å². The number of imidazole rings is 1. The normalized spacial score (nSPS) is 8.89. The zero-order valence-corrected chi connectivity index (χ0v) is 4.46. The Balaban J connectivity index is 2.89. The molecule has 0 aliphatic carbocycles. The number of carbonyl (C=O) groups excluding carboxylic acids is 1. The first-order chi connectivity index (χ1) is 4.34. The Hall–Kier alpha value is -1.52. The number of aromatic nitrogens is 2. The summed E-state index contributed by atoms with van der Waals surface area (Å²) >= 11 is 0. The molecule has 0 spiro atoms. The number of nitrogens with one attached hydrogen (secondary N) is 2. The summed E-state index contributed by atoms with van der Waals surface area (Å²) in [4.78, 5) is 16.5. The van der Waals surface area contributed by atoms with Crippen molar-refractivity contribution in [3.8, 4) is 0 Å². The number of hydrogen-bond acceptors (Lipinski definition) is 3. The van der Waals surface area contributed by atoms with E-state index in [4.69, 9.17) is 5.53 Å². The van der Waals surface area contributed by atoms with Gasteiger partial charge >= 0.3 is 5.91 Å². The summed E-state index contributed by atoms with van der Waals surface area (Å²) in [5.74, 6) is -0.551. The fraction of sp³-hybridized carbons (Fsp3) is 0. The van der Waals surface area contributed by atoms with Crippen molar-refractivity contribution < 1.29 is 4.79 Å². The fourth-order valence-corrected chi connectivity index (χ4v) is 0.435. The molecule has 0 unspecified atom stereocenters. The van der Waals surface area contributed by atoms with Gasteiger partial charge in [-0.25, -0.2) is 10.5 Å². The molecule has 1 aromatic heterocycles. The maximum atomic E-state index is 10.4. The highest BCUT2D eigenvalue weighted by molar-refractivity contribution is 5.90. The predicted molar refractivity (Wildman–Crippen MR) is 28.1 cm³/mol. The molecule has 0 atom stereocenters. The maximum Gasteiger partial charge on any atom is 0.330 e. The average Bonchev–Trinajstić information content (AvgIpc) is 2.37. The van der Waals surface area contributed by atoms with E-state index < -0.39 is 5.91 Å². The van der Waals surface area contributed by atoms with Crippen LogP contribution in [0.2, 0.25) is 0 Å². The average molecular weight is 124 g/mol. The molecule has 1 heterocycles. The summed E-state index contributed by atoms with van der Waals surface area (Å²) in [6.45, 7) is 0. The molecule has 1 rings (SSSR count). The van der Waals surface area contributed by atoms with Gasteiger partial charge in [0, 0.05) is 12.4 Å². The smallest absolute Gasteiger partial charge is 0.330 e. The lowest BCUT2D eigenvalue weighted by molar-refractivity contribution is 0.0982. The zero-order valence-electron chi connectivity index (χ0n) is 4.46. The second kappa shape index (κ2) is 2.17. The van der Waals surface area contributed by atoms with E-state index in [9.17, 15) is 4.79 Å². The number of carbonyl (C=O) groups is 1. The minimum atomic E-state index is -0.653. The second-order valence-electron chi connectivity index (χ2n) is 1.35. The molecule has 1 amide bonds. The Morgan fingerprint density at radius 2 is 2.67 bits per heavy atom. The van der Waals surface area contributed by atoms with Gasteiger partial charge in [-0.3, -0.25) is 4.79 Å². The number of aromatic amines is 1. The van der Waals surface area contributed by atoms with E-state index in [-0.39, 0.29) is 5.82 Å². The second-order valence-corrected chi connectivity index (χ2v) is 1.35. The number of hydrogen-bond donors (Lipinski definition) is 2. The lowest BCUT2D eigenvalue weighted by Gasteiger charge is -1.80. The molecule has 0 radical (unpaired) electrons. The van der Waals surface area contributed by atoms with Crippen LogP contribution in [0.5, 0.6) is 0 Å². The van der Waals surface area contributed by atoms with Gasteiger partial charge < -0.3 is 4.98 Å². The number of nitrogens with zero attached hydrogens (tertiary/aromatic N) is 2. The molecule has 0 aliphatic heterocycles. The third-order valence-electron chi connectivity index (χ3n) is 0.802. The van der Waals surface area contributed by atoms with Crippen molar-refractivity contribution in [3.63, 3.8) is 0 Å². The van der Waals surface area contributed by atoms with Gasteiger partial charge in [-0.15, -0.1) is 5.11 Å². The minimum absolute atomic E-state index is 0.102. The zero-order chi connectivity index (χ0) is 6.69. The Kier molecular flexibility index (Phi) is 1.35. The molecule has 0 saturated carbocycles. The van der Waals surface area contributed by atoms with Crippen LogP contribution in [0.15, 0.2) is 17.5 Å². The van der Waals surface area contributed by atoms with Crippen molar-refractivity contribution in [2.45, 2.75) is 0 Å². The topological polar surface area (TPSA) is 82.0 Å². The van der Waals surface area contributed by atoms with Crippen LogP contribution in [0.25, 0.3) is 0 Å². The van der Waals surface area contributed by atoms with Crippen molar-refractivity contribution >= 4 is 5.91 Å². The van der Waals surface area contributed by atoms with Crippen LogP contribution >= 0.6 is 0 Å². The molecule has 0 aromatic carbocycles. The van der Waals surface area contributed by atoms with Crippen LogP contribution in [0, 0.1) is 5.53 Å². The highest BCUT2D eigenvalue weighted by Crippen LogP contribution is 1.89. The molecule has 46 valence electrons. The molecule has 9 heavy (non-hydrogen) atoms. The van der Waals surface area contributed by atoms with E-state index >= 15 is 0 Å². The third kappa shape index (κ3) is 0.987. The molecule has 1 aromatic rings. The van der Waals surface area contributed by atoms with Gasteiger partial charge in [0.05, 0.1) is 0 Å². The fourth-order valence-electron chi connectivity index (χ4n) is 0.435. The summed E-state index contributed by atoms with van der Waals surface area (Å²) < 4.78 is 0. The minimum Gasteiger partial charge on any atom is -0.340 e. The van der Waals surface area contributed by atoms with E-state index in [1.807, 2.05) is 0 Å². The van der Waals surface area contributed by atoms with E-state index in [2.05, 4.69) is 15.1 Å². The summed E-state index contributed by atoms with van der Waals surface area (Å²) in [6.07, 6.45) is 2.93. The summed E-state index contributed by atoms with van der Waals surface area (Å²) in [7, 11) is 0. The van der Waals surface area contributed by atoms with Gasteiger partial charge in [-0.2, -0.15) is 0 Å². The standard InChI is InChI=1S/C4H4N4O/c5-8-4(9)3-6-1-2-7-3/h1-2,5H,(H,6,7). The molecule has 0 bridgehead atoms. The SMILES string of the molecule is N=NC(=O)c1ncc[nH]1. The first-order valence-electron chi connectivity index (χ1n) is 2.26. The van der Waals surface area contributed by atoms with Crippen LogP contribution in [0.1, 0.15) is 10.6 Å². The van der Waals surface area contributed by atoms with Crippen LogP contribution < -0.4 is 0 Å². The predicted octanol–water partition coefficient (Wildman–Crippen LogP) is 0.581. The quantitative estimate of drug-likeness (QED) is 0.537. The summed E-state index contributed by atoms with van der Waals surface area (Å²) in [5.41, 5.74) is 6.30. The Bertz CT molecular complexity index is 214. The molecule has 0 fully saturated rings. The van der Waals surface area contributed by atoms with Crippen molar-refractivity contribution in [2.75, 3.05) is 0 Å². The maximum absolute atomic E-state index is 10.4. The molecule has 5 heteroatoms. The highest BCUT2D eigenvalue weighted by atomic mass is 16.1. The highest BCUT2D eigenvalue weighted by Gasteiger charge is 2.03. The lowest BCUT2D eigenvalue weighted by Crippen LogP contribution is -1.94. The van der Waals surface area contributed by atoms with Crippen LogP contribution in [0.4, 0.5) is 0 Å².